The SMILES string of the molecule is Cc1ccc(Nc2ccc(N(c3ccc(Nc4ccc(N(c5ccccc5)c5ccccc5)cc4)cc3)c3cccc4ccc5ccccc5c34)cc2)cc1. The topological polar surface area (TPSA) is 30.5 Å². The van der Waals surface area contributed by atoms with Crippen LogP contribution >= 0.6 is 0 Å². The number of anilines is 10. The van der Waals surface area contributed by atoms with E-state index >= 15 is 0 Å². The predicted octanol–water partition coefficient (Wildman–Crippen LogP) is 14.7. The normalized spacial score (nSPS) is 11.0. The number of hydrogen-bond donors (Lipinski definition) is 2. The Labute approximate surface area is 322 Å². The molecule has 9 aromatic carbocycles. The average Bonchev–Trinajstić information content (AvgIpc) is 3.24. The Balaban J connectivity index is 1.04. The number of nitrogens with one attached hydrogen (secondary N) is 2. The third-order valence-corrected chi connectivity index (χ3v) is 10.0. The number of fused-ring (bicyclic) bond motifs is 3. The summed E-state index contributed by atoms with van der Waals surface area (Å²) < 4.78 is 0. The lowest BCUT2D eigenvalue weighted by atomic mass is 9.99. The van der Waals surface area contributed by atoms with Gasteiger partial charge in [0.1, 0.15) is 0 Å². The standard InChI is InChI=1S/C51H40N4/c1-37-19-23-40(24-20-37)52-42-27-33-47(34-28-42)55(50-18-10-12-39-22-21-38-11-8-9-17-49(38)51(39)50)48-35-29-43(30-36-48)53-41-25-31-46(32-26-41)54(44-13-4-2-5-14-44)45-15-6-3-7-16-45/h2-36,52-53H,1H3. The Morgan fingerprint density at radius 3 is 1.24 bits per heavy atom. The van der Waals surface area contributed by atoms with Crippen molar-refractivity contribution in [3.8, 4) is 0 Å². The molecule has 0 aromatic heterocycles. The zero-order valence-corrected chi connectivity index (χ0v) is 30.6. The van der Waals surface area contributed by atoms with Gasteiger partial charge in [-0.3, -0.25) is 0 Å². The molecule has 0 atom stereocenters. The molecular weight excluding hydrogens is 669 g/mol. The first-order valence-corrected chi connectivity index (χ1v) is 18.7. The van der Waals surface area contributed by atoms with Gasteiger partial charge in [0.2, 0.25) is 0 Å². The molecule has 0 aliphatic carbocycles. The Bertz CT molecular complexity index is 2630. The fraction of sp³-hybridized carbons (Fsp3) is 0.0196. The summed E-state index contributed by atoms with van der Waals surface area (Å²) in [4.78, 5) is 4.64. The van der Waals surface area contributed by atoms with Gasteiger partial charge >= 0.3 is 0 Å². The van der Waals surface area contributed by atoms with E-state index in [0.29, 0.717) is 0 Å². The van der Waals surface area contributed by atoms with Crippen LogP contribution in [0.5, 0.6) is 0 Å². The molecule has 0 spiro atoms. The number of para-hydroxylation sites is 2. The molecule has 0 aliphatic rings. The van der Waals surface area contributed by atoms with Crippen LogP contribution in [0.3, 0.4) is 0 Å². The largest absolute Gasteiger partial charge is 0.356 e. The summed E-state index contributed by atoms with van der Waals surface area (Å²) in [5, 5.41) is 12.1. The van der Waals surface area contributed by atoms with E-state index in [-0.39, 0.29) is 0 Å². The molecule has 0 heterocycles. The lowest BCUT2D eigenvalue weighted by molar-refractivity contribution is 1.28. The lowest BCUT2D eigenvalue weighted by Gasteiger charge is -2.28. The van der Waals surface area contributed by atoms with Gasteiger partial charge in [0, 0.05) is 56.6 Å². The Morgan fingerprint density at radius 1 is 0.309 bits per heavy atom. The fourth-order valence-corrected chi connectivity index (χ4v) is 7.31. The molecule has 0 saturated carbocycles. The van der Waals surface area contributed by atoms with Crippen molar-refractivity contribution in [1.29, 1.82) is 0 Å². The van der Waals surface area contributed by atoms with Gasteiger partial charge in [-0.15, -0.1) is 0 Å². The Kier molecular flexibility index (Phi) is 9.13. The van der Waals surface area contributed by atoms with Gasteiger partial charge in [-0.25, -0.2) is 0 Å². The Hall–Kier alpha value is -7.30. The molecule has 2 N–H and O–H groups in total. The molecule has 9 rings (SSSR count). The molecule has 264 valence electrons. The smallest absolute Gasteiger partial charge is 0.0546 e. The molecule has 0 unspecified atom stereocenters. The van der Waals surface area contributed by atoms with E-state index in [0.717, 1.165) is 56.9 Å². The van der Waals surface area contributed by atoms with Crippen molar-refractivity contribution in [1.82, 2.24) is 0 Å². The van der Waals surface area contributed by atoms with Crippen LogP contribution in [0.25, 0.3) is 21.5 Å². The highest BCUT2D eigenvalue weighted by molar-refractivity contribution is 6.15. The summed E-state index contributed by atoms with van der Waals surface area (Å²) in [5.74, 6) is 0. The quantitative estimate of drug-likeness (QED) is 0.139. The van der Waals surface area contributed by atoms with Crippen LogP contribution in [0.1, 0.15) is 5.56 Å². The summed E-state index contributed by atoms with van der Waals surface area (Å²) in [6.07, 6.45) is 0. The molecule has 0 fully saturated rings. The second-order valence-electron chi connectivity index (χ2n) is 13.8. The van der Waals surface area contributed by atoms with E-state index < -0.39 is 0 Å². The first-order valence-electron chi connectivity index (χ1n) is 18.7. The van der Waals surface area contributed by atoms with E-state index in [1.807, 2.05) is 0 Å². The molecular formula is C51H40N4. The number of rotatable bonds is 10. The third kappa shape index (κ3) is 7.09. The highest BCUT2D eigenvalue weighted by Crippen LogP contribution is 2.42. The van der Waals surface area contributed by atoms with Crippen LogP contribution in [0, 0.1) is 6.92 Å². The van der Waals surface area contributed by atoms with Crippen LogP contribution in [0.4, 0.5) is 56.9 Å². The van der Waals surface area contributed by atoms with Crippen molar-refractivity contribution in [2.75, 3.05) is 20.4 Å². The molecule has 4 heteroatoms. The predicted molar refractivity (Wildman–Crippen MR) is 235 cm³/mol. The van der Waals surface area contributed by atoms with Crippen molar-refractivity contribution < 1.29 is 0 Å². The monoisotopic (exact) mass is 708 g/mol. The first-order chi connectivity index (χ1) is 27.2. The van der Waals surface area contributed by atoms with Gasteiger partial charge in [0.05, 0.1) is 5.69 Å². The van der Waals surface area contributed by atoms with Crippen LogP contribution in [-0.4, -0.2) is 0 Å². The van der Waals surface area contributed by atoms with Crippen molar-refractivity contribution in [3.63, 3.8) is 0 Å². The van der Waals surface area contributed by atoms with Gasteiger partial charge in [-0.05, 0) is 138 Å². The van der Waals surface area contributed by atoms with E-state index in [9.17, 15) is 0 Å². The summed E-state index contributed by atoms with van der Waals surface area (Å²) in [6, 6.07) is 75.2. The maximum atomic E-state index is 3.64. The second-order valence-corrected chi connectivity index (χ2v) is 13.8. The van der Waals surface area contributed by atoms with Crippen LogP contribution in [-0.2, 0) is 0 Å². The van der Waals surface area contributed by atoms with Gasteiger partial charge in [-0.2, -0.15) is 0 Å². The summed E-state index contributed by atoms with van der Waals surface area (Å²) >= 11 is 0. The zero-order chi connectivity index (χ0) is 37.0. The summed E-state index contributed by atoms with van der Waals surface area (Å²) in [6.45, 7) is 2.11. The highest BCUT2D eigenvalue weighted by Gasteiger charge is 2.18. The van der Waals surface area contributed by atoms with E-state index in [1.165, 1.54) is 27.1 Å². The maximum absolute atomic E-state index is 3.64. The van der Waals surface area contributed by atoms with Crippen LogP contribution < -0.4 is 20.4 Å². The second kappa shape index (κ2) is 15.0. The number of nitrogens with zero attached hydrogens (tertiary/aromatic N) is 2. The van der Waals surface area contributed by atoms with E-state index in [2.05, 4.69) is 240 Å². The summed E-state index contributed by atoms with van der Waals surface area (Å²) in [7, 11) is 0. The van der Waals surface area contributed by atoms with Crippen molar-refractivity contribution in [2.45, 2.75) is 6.92 Å². The maximum Gasteiger partial charge on any atom is 0.0546 e. The van der Waals surface area contributed by atoms with E-state index in [4.69, 9.17) is 0 Å². The first kappa shape index (κ1) is 33.5. The fourth-order valence-electron chi connectivity index (χ4n) is 7.31. The van der Waals surface area contributed by atoms with Gasteiger partial charge in [0.25, 0.3) is 0 Å². The molecule has 0 bridgehead atoms. The molecule has 55 heavy (non-hydrogen) atoms. The average molecular weight is 709 g/mol. The molecule has 0 saturated heterocycles. The van der Waals surface area contributed by atoms with Crippen molar-refractivity contribution in [3.05, 3.63) is 218 Å². The molecule has 4 nitrogen and oxygen atoms in total. The number of benzene rings is 9. The van der Waals surface area contributed by atoms with Crippen molar-refractivity contribution in [2.24, 2.45) is 0 Å². The van der Waals surface area contributed by atoms with Crippen LogP contribution in [0.15, 0.2) is 212 Å². The highest BCUT2D eigenvalue weighted by atomic mass is 15.1. The third-order valence-electron chi connectivity index (χ3n) is 10.0. The zero-order valence-electron chi connectivity index (χ0n) is 30.6. The minimum absolute atomic E-state index is 1.01. The molecule has 0 amide bonds. The lowest BCUT2D eigenvalue weighted by Crippen LogP contribution is -2.11. The molecule has 0 radical (unpaired) electrons. The number of hydrogen-bond acceptors (Lipinski definition) is 4. The Morgan fingerprint density at radius 2 is 0.709 bits per heavy atom. The van der Waals surface area contributed by atoms with E-state index in [1.54, 1.807) is 0 Å². The van der Waals surface area contributed by atoms with Gasteiger partial charge < -0.3 is 20.4 Å². The van der Waals surface area contributed by atoms with Gasteiger partial charge in [0.15, 0.2) is 0 Å². The number of aryl methyl sites for hydroxylation is 1. The van der Waals surface area contributed by atoms with Crippen molar-refractivity contribution >= 4 is 78.4 Å². The molecule has 0 aliphatic heterocycles. The minimum atomic E-state index is 1.01. The molecule has 9 aromatic rings. The minimum Gasteiger partial charge on any atom is -0.356 e. The summed E-state index contributed by atoms with van der Waals surface area (Å²) in [5.41, 5.74) is 12.0. The van der Waals surface area contributed by atoms with Crippen LogP contribution in [0.2, 0.25) is 0 Å². The van der Waals surface area contributed by atoms with Gasteiger partial charge in [-0.1, -0.05) is 103 Å².